The number of amides is 1. The first-order valence-electron chi connectivity index (χ1n) is 2.88. The molecule has 0 aliphatic rings. The van der Waals surface area contributed by atoms with Crippen molar-refractivity contribution in [3.63, 3.8) is 0 Å². The summed E-state index contributed by atoms with van der Waals surface area (Å²) in [4.78, 5) is 10.5. The highest BCUT2D eigenvalue weighted by atomic mass is 16.1. The van der Waals surface area contributed by atoms with Crippen molar-refractivity contribution in [1.82, 2.24) is 9.78 Å². The average molecular weight is 138 g/mol. The Balaban J connectivity index is 2.74. The normalized spacial score (nSPS) is 9.40. The van der Waals surface area contributed by atoms with Crippen LogP contribution in [-0.4, -0.2) is 15.7 Å². The minimum absolute atomic E-state index is 0.1000. The van der Waals surface area contributed by atoms with Crippen LogP contribution in [0.2, 0.25) is 0 Å². The molecule has 4 nitrogen and oxygen atoms in total. The van der Waals surface area contributed by atoms with Gasteiger partial charge < -0.3 is 5.32 Å². The summed E-state index contributed by atoms with van der Waals surface area (Å²) in [7, 11) is 1.74. The van der Waals surface area contributed by atoms with Gasteiger partial charge in [0.1, 0.15) is 12.0 Å². The standard InChI is InChI=1S/C6H8N3O/c1-5(10)8-6-3-4-7-9(6)2/h3H,1-2H3,(H,8,10). The van der Waals surface area contributed by atoms with Crippen LogP contribution >= 0.6 is 0 Å². The molecule has 0 saturated heterocycles. The first kappa shape index (κ1) is 6.80. The monoisotopic (exact) mass is 138 g/mol. The van der Waals surface area contributed by atoms with E-state index in [0.717, 1.165) is 0 Å². The van der Waals surface area contributed by atoms with Crippen LogP contribution in [-0.2, 0) is 11.8 Å². The highest BCUT2D eigenvalue weighted by Crippen LogP contribution is 2.01. The van der Waals surface area contributed by atoms with Crippen molar-refractivity contribution in [1.29, 1.82) is 0 Å². The number of anilines is 1. The van der Waals surface area contributed by atoms with Crippen molar-refractivity contribution in [2.24, 2.45) is 7.05 Å². The Morgan fingerprint density at radius 3 is 3.00 bits per heavy atom. The van der Waals surface area contributed by atoms with Crippen molar-refractivity contribution in [2.45, 2.75) is 6.92 Å². The van der Waals surface area contributed by atoms with E-state index in [2.05, 4.69) is 16.6 Å². The second-order valence-electron chi connectivity index (χ2n) is 1.96. The fraction of sp³-hybridized carbons (Fsp3) is 0.333. The van der Waals surface area contributed by atoms with Crippen molar-refractivity contribution in [2.75, 3.05) is 5.32 Å². The first-order chi connectivity index (χ1) is 4.70. The zero-order valence-electron chi connectivity index (χ0n) is 5.88. The molecule has 1 heterocycles. The lowest BCUT2D eigenvalue weighted by Crippen LogP contribution is -2.09. The van der Waals surface area contributed by atoms with Crippen LogP contribution in [0, 0.1) is 6.20 Å². The molecule has 0 bridgehead atoms. The van der Waals surface area contributed by atoms with E-state index in [9.17, 15) is 4.79 Å². The van der Waals surface area contributed by atoms with E-state index in [1.807, 2.05) is 0 Å². The summed E-state index contributed by atoms with van der Waals surface area (Å²) < 4.78 is 1.54. The second-order valence-corrected chi connectivity index (χ2v) is 1.96. The van der Waals surface area contributed by atoms with Gasteiger partial charge in [-0.3, -0.25) is 9.48 Å². The maximum atomic E-state index is 10.5. The van der Waals surface area contributed by atoms with Gasteiger partial charge in [-0.05, 0) is 0 Å². The van der Waals surface area contributed by atoms with Gasteiger partial charge in [0.15, 0.2) is 0 Å². The molecule has 1 aromatic rings. The van der Waals surface area contributed by atoms with Crippen molar-refractivity contribution < 1.29 is 4.79 Å². The molecule has 0 aliphatic carbocycles. The summed E-state index contributed by atoms with van der Waals surface area (Å²) >= 11 is 0. The SMILES string of the molecule is CC(=O)Nc1c[c]nn1C. The summed E-state index contributed by atoms with van der Waals surface area (Å²) in [6, 6.07) is 1.61. The van der Waals surface area contributed by atoms with Crippen LogP contribution in [0.5, 0.6) is 0 Å². The van der Waals surface area contributed by atoms with E-state index in [0.29, 0.717) is 5.82 Å². The number of rotatable bonds is 1. The zero-order chi connectivity index (χ0) is 7.56. The number of hydrogen-bond acceptors (Lipinski definition) is 2. The molecule has 1 amide bonds. The van der Waals surface area contributed by atoms with Gasteiger partial charge >= 0.3 is 0 Å². The molecule has 0 saturated carbocycles. The predicted octanol–water partition coefficient (Wildman–Crippen LogP) is 0.179. The second kappa shape index (κ2) is 2.51. The van der Waals surface area contributed by atoms with Crippen LogP contribution in [0.4, 0.5) is 5.82 Å². The zero-order valence-corrected chi connectivity index (χ0v) is 5.88. The third-order valence-electron chi connectivity index (χ3n) is 1.06. The number of aryl methyl sites for hydroxylation is 1. The van der Waals surface area contributed by atoms with Crippen LogP contribution in [0.25, 0.3) is 0 Å². The summed E-state index contributed by atoms with van der Waals surface area (Å²) in [6.45, 7) is 1.45. The highest BCUT2D eigenvalue weighted by molar-refractivity contribution is 5.87. The Morgan fingerprint density at radius 2 is 2.60 bits per heavy atom. The molecule has 4 heteroatoms. The Bertz CT molecular complexity index is 241. The van der Waals surface area contributed by atoms with Gasteiger partial charge in [0.25, 0.3) is 0 Å². The summed E-state index contributed by atoms with van der Waals surface area (Å²) in [5.74, 6) is 0.560. The Labute approximate surface area is 58.8 Å². The third kappa shape index (κ3) is 1.34. The van der Waals surface area contributed by atoms with E-state index in [1.54, 1.807) is 17.8 Å². The van der Waals surface area contributed by atoms with Gasteiger partial charge in [-0.25, -0.2) is 0 Å². The lowest BCUT2D eigenvalue weighted by Gasteiger charge is -1.99. The molecule has 1 rings (SSSR count). The Morgan fingerprint density at radius 1 is 1.90 bits per heavy atom. The van der Waals surface area contributed by atoms with Gasteiger partial charge in [0.2, 0.25) is 5.91 Å². The lowest BCUT2D eigenvalue weighted by molar-refractivity contribution is -0.114. The lowest BCUT2D eigenvalue weighted by atomic mass is 10.6. The Hall–Kier alpha value is -1.32. The quantitative estimate of drug-likeness (QED) is 0.601. The molecule has 0 unspecified atom stereocenters. The molecule has 0 aromatic carbocycles. The van der Waals surface area contributed by atoms with E-state index < -0.39 is 0 Å². The number of nitrogens with one attached hydrogen (secondary N) is 1. The summed E-state index contributed by atoms with van der Waals surface area (Å²) in [5, 5.41) is 6.33. The molecule has 1 N–H and O–H groups in total. The third-order valence-corrected chi connectivity index (χ3v) is 1.06. The molecule has 0 spiro atoms. The van der Waals surface area contributed by atoms with Crippen molar-refractivity contribution in [3.8, 4) is 0 Å². The highest BCUT2D eigenvalue weighted by Gasteiger charge is 1.97. The molecule has 0 aliphatic heterocycles. The number of carbonyl (C=O) groups is 1. The topological polar surface area (TPSA) is 46.9 Å². The van der Waals surface area contributed by atoms with Gasteiger partial charge in [-0.15, -0.1) is 0 Å². The smallest absolute Gasteiger partial charge is 0.222 e. The van der Waals surface area contributed by atoms with E-state index in [4.69, 9.17) is 0 Å². The van der Waals surface area contributed by atoms with E-state index in [1.165, 1.54) is 6.92 Å². The minimum Gasteiger partial charge on any atom is -0.311 e. The van der Waals surface area contributed by atoms with Crippen LogP contribution in [0.1, 0.15) is 6.92 Å². The molecule has 0 fully saturated rings. The van der Waals surface area contributed by atoms with E-state index in [-0.39, 0.29) is 5.91 Å². The molecular formula is C6H8N3O. The summed E-state index contributed by atoms with van der Waals surface area (Å²) in [5.41, 5.74) is 0. The molecule has 10 heavy (non-hydrogen) atoms. The number of hydrogen-bond donors (Lipinski definition) is 1. The van der Waals surface area contributed by atoms with Gasteiger partial charge in [-0.1, -0.05) is 0 Å². The predicted molar refractivity (Wildman–Crippen MR) is 36.3 cm³/mol. The molecular weight excluding hydrogens is 130 g/mol. The first-order valence-corrected chi connectivity index (χ1v) is 2.88. The Kier molecular flexibility index (Phi) is 1.71. The van der Waals surface area contributed by atoms with Crippen molar-refractivity contribution in [3.05, 3.63) is 12.3 Å². The fourth-order valence-electron chi connectivity index (χ4n) is 0.621. The average Bonchev–Trinajstić information content (AvgIpc) is 2.15. The number of carbonyl (C=O) groups excluding carboxylic acids is 1. The molecule has 1 radical (unpaired) electrons. The van der Waals surface area contributed by atoms with E-state index >= 15 is 0 Å². The van der Waals surface area contributed by atoms with Crippen LogP contribution < -0.4 is 5.32 Å². The van der Waals surface area contributed by atoms with Gasteiger partial charge in [0, 0.05) is 20.0 Å². The van der Waals surface area contributed by atoms with Gasteiger partial charge in [0.05, 0.1) is 0 Å². The van der Waals surface area contributed by atoms with Crippen LogP contribution in [0.15, 0.2) is 6.07 Å². The molecule has 53 valence electrons. The number of nitrogens with zero attached hydrogens (tertiary/aromatic N) is 2. The van der Waals surface area contributed by atoms with Gasteiger partial charge in [-0.2, -0.15) is 5.10 Å². The maximum absolute atomic E-state index is 10.5. The maximum Gasteiger partial charge on any atom is 0.222 e. The number of aromatic nitrogens is 2. The molecule has 1 aromatic heterocycles. The minimum atomic E-state index is -0.1000. The fourth-order valence-corrected chi connectivity index (χ4v) is 0.621. The van der Waals surface area contributed by atoms with Crippen molar-refractivity contribution >= 4 is 11.7 Å². The summed E-state index contributed by atoms with van der Waals surface area (Å²) in [6.07, 6.45) is 2.60. The largest absolute Gasteiger partial charge is 0.311 e. The molecule has 0 atom stereocenters. The van der Waals surface area contributed by atoms with Crippen LogP contribution in [0.3, 0.4) is 0 Å².